The minimum absolute atomic E-state index is 0.0564. The Balaban J connectivity index is 1.52. The highest BCUT2D eigenvalue weighted by molar-refractivity contribution is 7.99. The first-order valence-corrected chi connectivity index (χ1v) is 10.8. The number of carbonyl (C=O) groups excluding carboxylic acids is 2. The van der Waals surface area contributed by atoms with Crippen LogP contribution in [0.25, 0.3) is 0 Å². The average molecular weight is 465 g/mol. The lowest BCUT2D eigenvalue weighted by Gasteiger charge is -2.30. The van der Waals surface area contributed by atoms with Gasteiger partial charge in [0.25, 0.3) is 11.6 Å². The summed E-state index contributed by atoms with van der Waals surface area (Å²) < 4.78 is 5.21. The summed E-state index contributed by atoms with van der Waals surface area (Å²) in [6.45, 7) is -0.620. The summed E-state index contributed by atoms with van der Waals surface area (Å²) in [5.41, 5.74) is 1.16. The molecule has 1 aliphatic rings. The molecule has 0 fully saturated rings. The maximum absolute atomic E-state index is 13.1. The van der Waals surface area contributed by atoms with E-state index in [9.17, 15) is 19.7 Å². The summed E-state index contributed by atoms with van der Waals surface area (Å²) in [6, 6.07) is 18.7. The fraction of sp³-hybridized carbons (Fsp3) is 0.130. The average Bonchev–Trinajstić information content (AvgIpc) is 2.84. The van der Waals surface area contributed by atoms with Gasteiger partial charge in [-0.2, -0.15) is 0 Å². The van der Waals surface area contributed by atoms with Crippen LogP contribution in [0.1, 0.15) is 10.4 Å². The molecule has 0 spiro atoms. The molecular weight excluding hydrogens is 446 g/mol. The number of nitrogens with one attached hydrogen (secondary N) is 1. The van der Waals surface area contributed by atoms with Crippen molar-refractivity contribution < 1.29 is 24.4 Å². The minimum atomic E-state index is -0.854. The zero-order valence-electron chi connectivity index (χ0n) is 17.3. The number of para-hydroxylation sites is 2. The Morgan fingerprint density at radius 2 is 1.67 bits per heavy atom. The Bertz CT molecular complexity index is 1190. The third-order valence-electron chi connectivity index (χ3n) is 4.87. The van der Waals surface area contributed by atoms with Gasteiger partial charge >= 0.3 is 5.97 Å². The number of ether oxygens (including phenoxy) is 1. The zero-order valence-corrected chi connectivity index (χ0v) is 18.1. The molecule has 9 nitrogen and oxygen atoms in total. The molecule has 0 saturated carbocycles. The molecule has 33 heavy (non-hydrogen) atoms. The Labute approximate surface area is 193 Å². The van der Waals surface area contributed by atoms with Crippen LogP contribution in [0.4, 0.5) is 22.7 Å². The maximum Gasteiger partial charge on any atom is 0.338 e. The molecule has 3 aromatic rings. The van der Waals surface area contributed by atoms with Crippen LogP contribution in [-0.2, 0) is 9.53 Å². The summed E-state index contributed by atoms with van der Waals surface area (Å²) in [5.74, 6) is -1.30. The van der Waals surface area contributed by atoms with Gasteiger partial charge < -0.3 is 15.2 Å². The number of amides is 1. The molecule has 0 saturated heterocycles. The Morgan fingerprint density at radius 3 is 2.27 bits per heavy atom. The Morgan fingerprint density at radius 1 is 1.03 bits per heavy atom. The normalized spacial score (nSPS) is 11.8. The molecule has 1 heterocycles. The summed E-state index contributed by atoms with van der Waals surface area (Å²) in [6.07, 6.45) is 0. The molecule has 0 bridgehead atoms. The number of nitro groups is 1. The molecule has 0 aromatic heterocycles. The van der Waals surface area contributed by atoms with Crippen LogP contribution < -0.4 is 10.2 Å². The van der Waals surface area contributed by atoms with Gasteiger partial charge in [-0.25, -0.2) is 4.79 Å². The largest absolute Gasteiger partial charge is 0.452 e. The van der Waals surface area contributed by atoms with E-state index in [0.29, 0.717) is 11.4 Å². The predicted octanol–water partition coefficient (Wildman–Crippen LogP) is 3.99. The quantitative estimate of drug-likeness (QED) is 0.305. The van der Waals surface area contributed by atoms with Gasteiger partial charge in [0.1, 0.15) is 5.69 Å². The van der Waals surface area contributed by atoms with Gasteiger partial charge in [-0.05, 0) is 36.4 Å². The monoisotopic (exact) mass is 465 g/mol. The van der Waals surface area contributed by atoms with Gasteiger partial charge in [-0.3, -0.25) is 19.8 Å². The van der Waals surface area contributed by atoms with E-state index in [0.717, 1.165) is 15.9 Å². The molecule has 1 aliphatic heterocycles. The molecule has 0 atom stereocenters. The number of hydrogen-bond acceptors (Lipinski definition) is 8. The van der Waals surface area contributed by atoms with Crippen molar-refractivity contribution in [2.45, 2.75) is 9.79 Å². The van der Waals surface area contributed by atoms with E-state index < -0.39 is 23.4 Å². The van der Waals surface area contributed by atoms with Crippen molar-refractivity contribution in [3.63, 3.8) is 0 Å². The molecule has 4 rings (SSSR count). The molecular formula is C23H19N3O6S. The minimum Gasteiger partial charge on any atom is -0.452 e. The van der Waals surface area contributed by atoms with Crippen molar-refractivity contribution in [3.8, 4) is 0 Å². The summed E-state index contributed by atoms with van der Waals surface area (Å²) in [4.78, 5) is 39.7. The van der Waals surface area contributed by atoms with Crippen molar-refractivity contribution in [2.75, 3.05) is 30.0 Å². The number of aliphatic hydroxyl groups excluding tert-OH is 1. The van der Waals surface area contributed by atoms with Gasteiger partial charge in [0, 0.05) is 22.4 Å². The molecule has 1 amide bonds. The van der Waals surface area contributed by atoms with E-state index in [2.05, 4.69) is 5.32 Å². The smallest absolute Gasteiger partial charge is 0.338 e. The topological polar surface area (TPSA) is 122 Å². The van der Waals surface area contributed by atoms with Crippen molar-refractivity contribution >= 4 is 46.4 Å². The number of nitrogens with zero attached hydrogens (tertiary/aromatic N) is 2. The van der Waals surface area contributed by atoms with Gasteiger partial charge in [0.15, 0.2) is 6.61 Å². The van der Waals surface area contributed by atoms with Crippen LogP contribution >= 0.6 is 11.8 Å². The highest BCUT2D eigenvalue weighted by atomic mass is 32.2. The van der Waals surface area contributed by atoms with Crippen LogP contribution in [0.15, 0.2) is 76.5 Å². The standard InChI is InChI=1S/C23H19N3O6S/c27-12-11-24-16-10-9-15(13-19(16)26(30)31)23(29)32-14-22(28)25-17-5-1-3-7-20(17)33-21-8-4-2-6-18(21)25/h1-10,13,24,27H,11-12,14H2. The van der Waals surface area contributed by atoms with Gasteiger partial charge in [0.2, 0.25) is 0 Å². The van der Waals surface area contributed by atoms with Crippen LogP contribution in [0.5, 0.6) is 0 Å². The molecule has 2 N–H and O–H groups in total. The number of hydrogen-bond donors (Lipinski definition) is 2. The van der Waals surface area contributed by atoms with E-state index >= 15 is 0 Å². The predicted molar refractivity (Wildman–Crippen MR) is 123 cm³/mol. The second-order valence-corrected chi connectivity index (χ2v) is 8.07. The number of esters is 1. The Hall–Kier alpha value is -3.89. The number of fused-ring (bicyclic) bond motifs is 2. The first-order valence-electron chi connectivity index (χ1n) is 9.98. The number of aliphatic hydroxyl groups is 1. The molecule has 10 heteroatoms. The summed E-state index contributed by atoms with van der Waals surface area (Å²) in [5, 5.41) is 23.0. The lowest BCUT2D eigenvalue weighted by Crippen LogP contribution is -2.32. The SMILES string of the molecule is O=C(OCC(=O)N1c2ccccc2Sc2ccccc21)c1ccc(NCCO)c([N+](=O)[O-])c1. The van der Waals surface area contributed by atoms with Crippen LogP contribution in [0.3, 0.4) is 0 Å². The molecule has 0 radical (unpaired) electrons. The van der Waals surface area contributed by atoms with Crippen LogP contribution in [0, 0.1) is 10.1 Å². The second-order valence-electron chi connectivity index (χ2n) is 6.98. The van der Waals surface area contributed by atoms with Gasteiger partial charge in [-0.15, -0.1) is 0 Å². The third-order valence-corrected chi connectivity index (χ3v) is 6.00. The van der Waals surface area contributed by atoms with Crippen molar-refractivity contribution in [2.24, 2.45) is 0 Å². The number of benzene rings is 3. The number of anilines is 3. The van der Waals surface area contributed by atoms with Crippen molar-refractivity contribution in [3.05, 3.63) is 82.4 Å². The van der Waals surface area contributed by atoms with Crippen molar-refractivity contribution in [1.29, 1.82) is 0 Å². The van der Waals surface area contributed by atoms with Gasteiger partial charge in [0.05, 0.1) is 28.5 Å². The van der Waals surface area contributed by atoms with Crippen LogP contribution in [-0.4, -0.2) is 41.7 Å². The molecule has 0 unspecified atom stereocenters. The molecule has 0 aliphatic carbocycles. The Kier molecular flexibility index (Phi) is 6.57. The number of rotatable bonds is 7. The molecule has 168 valence electrons. The lowest BCUT2D eigenvalue weighted by atomic mass is 10.1. The summed E-state index contributed by atoms with van der Waals surface area (Å²) in [7, 11) is 0. The van der Waals surface area contributed by atoms with E-state index in [1.54, 1.807) is 11.8 Å². The summed E-state index contributed by atoms with van der Waals surface area (Å²) >= 11 is 1.55. The zero-order chi connectivity index (χ0) is 23.4. The first-order chi connectivity index (χ1) is 16.0. The molecule has 3 aromatic carbocycles. The van der Waals surface area contributed by atoms with E-state index in [-0.39, 0.29) is 30.1 Å². The highest BCUT2D eigenvalue weighted by Gasteiger charge is 2.28. The number of nitro benzene ring substituents is 1. The van der Waals surface area contributed by atoms with Crippen molar-refractivity contribution in [1.82, 2.24) is 0 Å². The van der Waals surface area contributed by atoms with E-state index in [4.69, 9.17) is 9.84 Å². The third kappa shape index (κ3) is 4.66. The lowest BCUT2D eigenvalue weighted by molar-refractivity contribution is -0.384. The first kappa shape index (κ1) is 22.3. The van der Waals surface area contributed by atoms with E-state index in [1.165, 1.54) is 17.0 Å². The maximum atomic E-state index is 13.1. The van der Waals surface area contributed by atoms with E-state index in [1.807, 2.05) is 48.5 Å². The highest BCUT2D eigenvalue weighted by Crippen LogP contribution is 2.47. The fourth-order valence-electron chi connectivity index (χ4n) is 3.40. The number of carbonyl (C=O) groups is 2. The second kappa shape index (κ2) is 9.72. The fourth-order valence-corrected chi connectivity index (χ4v) is 4.46. The van der Waals surface area contributed by atoms with Gasteiger partial charge in [-0.1, -0.05) is 36.0 Å². The van der Waals surface area contributed by atoms with Crippen LogP contribution in [0.2, 0.25) is 0 Å².